The molecule has 0 rings (SSSR count). The monoisotopic (exact) mass is 132 g/mol. The van der Waals surface area contributed by atoms with Gasteiger partial charge in [0.1, 0.15) is 0 Å². The predicted molar refractivity (Wildman–Crippen MR) is 34.6 cm³/mol. The third kappa shape index (κ3) is 3.01. The van der Waals surface area contributed by atoms with Crippen LogP contribution in [0.25, 0.3) is 0 Å². The summed E-state index contributed by atoms with van der Waals surface area (Å²) in [7, 11) is 0. The van der Waals surface area contributed by atoms with E-state index >= 15 is 0 Å². The van der Waals surface area contributed by atoms with Crippen LogP contribution in [0.15, 0.2) is 24.3 Å². The van der Waals surface area contributed by atoms with Gasteiger partial charge in [-0.15, -0.1) is 0 Å². The van der Waals surface area contributed by atoms with E-state index in [1.54, 1.807) is 6.92 Å². The van der Waals surface area contributed by atoms with Crippen molar-refractivity contribution in [1.29, 1.82) is 0 Å². The molecule has 0 nitrogen and oxygen atoms in total. The molecule has 0 saturated carbocycles. The van der Waals surface area contributed by atoms with Crippen molar-refractivity contribution in [1.82, 2.24) is 0 Å². The van der Waals surface area contributed by atoms with Gasteiger partial charge in [-0.3, -0.25) is 0 Å². The largest absolute Gasteiger partial charge is 0.260 e. The van der Waals surface area contributed by atoms with Crippen molar-refractivity contribution in [3.63, 3.8) is 0 Å². The van der Waals surface area contributed by atoms with E-state index in [1.807, 2.05) is 0 Å². The second kappa shape index (κ2) is 4.24. The summed E-state index contributed by atoms with van der Waals surface area (Å²) >= 11 is 0. The quantitative estimate of drug-likeness (QED) is 0.518. The molecular weight excluding hydrogens is 122 g/mol. The van der Waals surface area contributed by atoms with E-state index < -0.39 is 6.43 Å². The van der Waals surface area contributed by atoms with Crippen LogP contribution in [0, 0.1) is 0 Å². The second-order valence-electron chi connectivity index (χ2n) is 1.63. The van der Waals surface area contributed by atoms with Crippen LogP contribution < -0.4 is 0 Å². The van der Waals surface area contributed by atoms with Crippen LogP contribution in [0.5, 0.6) is 0 Å². The molecule has 0 aliphatic carbocycles. The van der Waals surface area contributed by atoms with Crippen molar-refractivity contribution < 1.29 is 8.78 Å². The molecule has 0 spiro atoms. The molecule has 0 aromatic rings. The van der Waals surface area contributed by atoms with Gasteiger partial charge < -0.3 is 0 Å². The molecule has 0 aliphatic rings. The maximum atomic E-state index is 11.8. The molecule has 2 heteroatoms. The number of alkyl halides is 2. The van der Waals surface area contributed by atoms with E-state index in [4.69, 9.17) is 0 Å². The summed E-state index contributed by atoms with van der Waals surface area (Å²) in [5.41, 5.74) is 0.144. The third-order valence-corrected chi connectivity index (χ3v) is 1.02. The Balaban J connectivity index is 3.96. The topological polar surface area (TPSA) is 0 Å². The van der Waals surface area contributed by atoms with E-state index in [0.29, 0.717) is 6.42 Å². The normalized spacial score (nSPS) is 12.2. The molecular formula is C7H10F2. The first-order valence-corrected chi connectivity index (χ1v) is 2.82. The molecule has 0 heterocycles. The number of hydrogen-bond acceptors (Lipinski definition) is 0. The Bertz CT molecular complexity index is 114. The fraction of sp³-hybridized carbons (Fsp3) is 0.429. The zero-order valence-electron chi connectivity index (χ0n) is 5.40. The lowest BCUT2D eigenvalue weighted by atomic mass is 10.2. The van der Waals surface area contributed by atoms with Crippen molar-refractivity contribution in [2.75, 3.05) is 0 Å². The Labute approximate surface area is 53.9 Å². The standard InChI is InChI=1S/C7H10F2/c1-3-5-6(4-2)7(8)9/h3,5,7H,1,4H2,2H3/b6-5+. The van der Waals surface area contributed by atoms with E-state index in [0.717, 1.165) is 0 Å². The summed E-state index contributed by atoms with van der Waals surface area (Å²) in [6, 6.07) is 0. The molecule has 0 aromatic carbocycles. The molecule has 0 unspecified atom stereocenters. The minimum Gasteiger partial charge on any atom is -0.205 e. The van der Waals surface area contributed by atoms with Crippen LogP contribution in [0.2, 0.25) is 0 Å². The highest BCUT2D eigenvalue weighted by atomic mass is 19.3. The summed E-state index contributed by atoms with van der Waals surface area (Å²) in [4.78, 5) is 0. The lowest BCUT2D eigenvalue weighted by Gasteiger charge is -1.98. The SMILES string of the molecule is C=C/C=C(\CC)C(F)F. The lowest BCUT2D eigenvalue weighted by Crippen LogP contribution is -1.93. The van der Waals surface area contributed by atoms with Crippen molar-refractivity contribution in [3.05, 3.63) is 24.3 Å². The molecule has 0 aliphatic heterocycles. The van der Waals surface area contributed by atoms with E-state index in [-0.39, 0.29) is 5.57 Å². The number of hydrogen-bond donors (Lipinski definition) is 0. The van der Waals surface area contributed by atoms with Crippen molar-refractivity contribution in [2.24, 2.45) is 0 Å². The molecule has 9 heavy (non-hydrogen) atoms. The Morgan fingerprint density at radius 2 is 2.22 bits per heavy atom. The Morgan fingerprint density at radius 3 is 2.33 bits per heavy atom. The van der Waals surface area contributed by atoms with Gasteiger partial charge in [-0.2, -0.15) is 0 Å². The smallest absolute Gasteiger partial charge is 0.205 e. The van der Waals surface area contributed by atoms with Crippen LogP contribution >= 0.6 is 0 Å². The fourth-order valence-electron chi connectivity index (χ4n) is 0.496. The molecule has 0 saturated heterocycles. The third-order valence-electron chi connectivity index (χ3n) is 1.02. The molecule has 0 radical (unpaired) electrons. The lowest BCUT2D eigenvalue weighted by molar-refractivity contribution is 0.186. The van der Waals surface area contributed by atoms with Gasteiger partial charge in [-0.1, -0.05) is 25.7 Å². The highest BCUT2D eigenvalue weighted by Crippen LogP contribution is 2.11. The summed E-state index contributed by atoms with van der Waals surface area (Å²) in [6.45, 7) is 5.02. The van der Waals surface area contributed by atoms with Gasteiger partial charge in [-0.25, -0.2) is 8.78 Å². The van der Waals surface area contributed by atoms with Crippen LogP contribution in [0.3, 0.4) is 0 Å². The first kappa shape index (κ1) is 8.34. The van der Waals surface area contributed by atoms with Gasteiger partial charge in [0.2, 0.25) is 0 Å². The van der Waals surface area contributed by atoms with Gasteiger partial charge >= 0.3 is 0 Å². The number of rotatable bonds is 3. The minimum absolute atomic E-state index is 0.144. The zero-order chi connectivity index (χ0) is 7.28. The Hall–Kier alpha value is -0.660. The maximum Gasteiger partial charge on any atom is 0.260 e. The van der Waals surface area contributed by atoms with Gasteiger partial charge in [0, 0.05) is 0 Å². The van der Waals surface area contributed by atoms with Gasteiger partial charge in [0.25, 0.3) is 6.43 Å². The van der Waals surface area contributed by atoms with E-state index in [9.17, 15) is 8.78 Å². The summed E-state index contributed by atoms with van der Waals surface area (Å²) < 4.78 is 23.5. The maximum absolute atomic E-state index is 11.8. The number of allylic oxidation sites excluding steroid dienone is 3. The van der Waals surface area contributed by atoms with Gasteiger partial charge in [0.05, 0.1) is 0 Å². The molecule has 0 N–H and O–H groups in total. The number of halogens is 2. The minimum atomic E-state index is -2.33. The van der Waals surface area contributed by atoms with Gasteiger partial charge in [0.15, 0.2) is 0 Å². The van der Waals surface area contributed by atoms with E-state index in [1.165, 1.54) is 12.2 Å². The molecule has 0 fully saturated rings. The average Bonchev–Trinajstić information content (AvgIpc) is 1.82. The van der Waals surface area contributed by atoms with E-state index in [2.05, 4.69) is 6.58 Å². The van der Waals surface area contributed by atoms with Crippen LogP contribution in [-0.2, 0) is 0 Å². The molecule has 0 bridgehead atoms. The van der Waals surface area contributed by atoms with Crippen molar-refractivity contribution in [2.45, 2.75) is 19.8 Å². The molecule has 0 atom stereocenters. The highest BCUT2D eigenvalue weighted by Gasteiger charge is 2.05. The molecule has 52 valence electrons. The van der Waals surface area contributed by atoms with Crippen molar-refractivity contribution >= 4 is 0 Å². The predicted octanol–water partition coefficient (Wildman–Crippen LogP) is 2.77. The van der Waals surface area contributed by atoms with Crippen molar-refractivity contribution in [3.8, 4) is 0 Å². The first-order valence-electron chi connectivity index (χ1n) is 2.82. The van der Waals surface area contributed by atoms with Gasteiger partial charge in [-0.05, 0) is 12.0 Å². The summed E-state index contributed by atoms with van der Waals surface area (Å²) in [5.74, 6) is 0. The van der Waals surface area contributed by atoms with Crippen LogP contribution in [-0.4, -0.2) is 6.43 Å². The molecule has 0 aromatic heterocycles. The average molecular weight is 132 g/mol. The second-order valence-corrected chi connectivity index (χ2v) is 1.63. The first-order chi connectivity index (χ1) is 4.22. The molecule has 0 amide bonds. The fourth-order valence-corrected chi connectivity index (χ4v) is 0.496. The highest BCUT2D eigenvalue weighted by molar-refractivity contribution is 5.11. The van der Waals surface area contributed by atoms with Crippen LogP contribution in [0.4, 0.5) is 8.78 Å². The summed E-state index contributed by atoms with van der Waals surface area (Å²) in [6.07, 6.45) is 0.798. The zero-order valence-corrected chi connectivity index (χ0v) is 5.40. The Kier molecular flexibility index (Phi) is 3.93. The summed E-state index contributed by atoms with van der Waals surface area (Å²) in [5, 5.41) is 0. The Morgan fingerprint density at radius 1 is 1.67 bits per heavy atom. The van der Waals surface area contributed by atoms with Crippen LogP contribution in [0.1, 0.15) is 13.3 Å².